The number of aliphatic carboxylic acids is 1. The number of methoxy groups -OCH3 is 1. The highest BCUT2D eigenvalue weighted by atomic mass is 16.5. The monoisotopic (exact) mass is 653 g/mol. The van der Waals surface area contributed by atoms with E-state index in [9.17, 15) is 9.90 Å². The Hall–Kier alpha value is -4.71. The molecule has 1 aliphatic rings. The van der Waals surface area contributed by atoms with Gasteiger partial charge in [0.1, 0.15) is 12.4 Å². The van der Waals surface area contributed by atoms with Crippen LogP contribution >= 0.6 is 0 Å². The van der Waals surface area contributed by atoms with Gasteiger partial charge in [-0.05, 0) is 108 Å². The van der Waals surface area contributed by atoms with Crippen molar-refractivity contribution in [3.05, 3.63) is 171 Å². The summed E-state index contributed by atoms with van der Waals surface area (Å²) in [6.45, 7) is 1.29. The number of hydrogen-bond donors (Lipinski definition) is 1. The topological polar surface area (TPSA) is 59.0 Å². The predicted octanol–water partition coefficient (Wildman–Crippen LogP) is 8.10. The number of nitrogens with zero attached hydrogens (tertiary/aromatic N) is 1. The van der Waals surface area contributed by atoms with E-state index in [2.05, 4.69) is 109 Å². The summed E-state index contributed by atoms with van der Waals surface area (Å²) in [5.74, 6) is -0.186. The van der Waals surface area contributed by atoms with Gasteiger partial charge in [-0.15, -0.1) is 0 Å². The number of rotatable bonds is 15. The molecule has 0 spiro atoms. The minimum absolute atomic E-state index is 0.125. The Morgan fingerprint density at radius 2 is 1.27 bits per heavy atom. The molecule has 6 rings (SSSR count). The van der Waals surface area contributed by atoms with Crippen molar-refractivity contribution in [1.29, 1.82) is 0 Å². The number of benzene rings is 5. The van der Waals surface area contributed by atoms with Crippen LogP contribution in [0.25, 0.3) is 0 Å². The molecule has 0 aromatic heterocycles. The SMILES string of the molecule is COC(Cc1ccc(OCCN(C)C2c3ccc(CCc4ccccc4)cc3CCc3ccc(CCc4ccccc4)cc32)cc1)C(=O)O. The maximum Gasteiger partial charge on any atom is 0.333 e. The fourth-order valence-corrected chi connectivity index (χ4v) is 7.00. The number of ether oxygens (including phenoxy) is 2. The molecule has 0 aliphatic heterocycles. The molecule has 0 radical (unpaired) electrons. The zero-order valence-corrected chi connectivity index (χ0v) is 28.7. The Bertz CT molecular complexity index is 1800. The van der Waals surface area contributed by atoms with Crippen LogP contribution in [-0.2, 0) is 54.5 Å². The molecule has 5 nitrogen and oxygen atoms in total. The van der Waals surface area contributed by atoms with Crippen LogP contribution in [0.2, 0.25) is 0 Å². The van der Waals surface area contributed by atoms with E-state index in [1.54, 1.807) is 0 Å². The number of likely N-dealkylation sites (N-methyl/N-ethyl adjacent to an activating group) is 1. The Morgan fingerprint density at radius 1 is 0.694 bits per heavy atom. The van der Waals surface area contributed by atoms with Gasteiger partial charge in [0.15, 0.2) is 6.10 Å². The summed E-state index contributed by atoms with van der Waals surface area (Å²) in [6.07, 6.45) is 5.63. The quantitative estimate of drug-likeness (QED) is 0.124. The van der Waals surface area contributed by atoms with E-state index in [4.69, 9.17) is 9.47 Å². The van der Waals surface area contributed by atoms with Crippen molar-refractivity contribution in [2.75, 3.05) is 27.3 Å². The standard InChI is InChI=1S/C44H47NO4/c1-45(27-28-49-39-24-18-36(19-25-39)31-42(48-2)44(46)47)43-40-26-20-34(15-13-32-9-5-3-6-10-32)29-38(40)23-22-37-21-17-35(30-41(37)43)16-14-33-11-7-4-8-12-33/h3-12,17-21,24-26,29-30,42-43H,13-16,22-23,27-28,31H2,1-2H3,(H,46,47). The molecular formula is C44H47NO4. The van der Waals surface area contributed by atoms with Crippen molar-refractivity contribution >= 4 is 5.97 Å². The van der Waals surface area contributed by atoms with E-state index in [0.717, 1.165) is 56.4 Å². The van der Waals surface area contributed by atoms with Gasteiger partial charge in [0.2, 0.25) is 0 Å². The molecule has 0 saturated carbocycles. The van der Waals surface area contributed by atoms with Crippen LogP contribution in [-0.4, -0.2) is 49.4 Å². The minimum Gasteiger partial charge on any atom is -0.492 e. The maximum atomic E-state index is 11.4. The summed E-state index contributed by atoms with van der Waals surface area (Å²) in [6, 6.07) is 43.6. The minimum atomic E-state index is -0.959. The number of carboxylic acids is 1. The van der Waals surface area contributed by atoms with E-state index in [0.29, 0.717) is 13.0 Å². The lowest BCUT2D eigenvalue weighted by Gasteiger charge is -2.31. The zero-order valence-electron chi connectivity index (χ0n) is 28.7. The van der Waals surface area contributed by atoms with E-state index in [1.165, 1.54) is 51.6 Å². The van der Waals surface area contributed by atoms with Crippen LogP contribution in [0.1, 0.15) is 56.1 Å². The average molecular weight is 654 g/mol. The van der Waals surface area contributed by atoms with Crippen molar-refractivity contribution in [1.82, 2.24) is 4.90 Å². The molecule has 0 bridgehead atoms. The highest BCUT2D eigenvalue weighted by Gasteiger charge is 2.28. The smallest absolute Gasteiger partial charge is 0.333 e. The number of fused-ring (bicyclic) bond motifs is 2. The van der Waals surface area contributed by atoms with Crippen LogP contribution in [0, 0.1) is 0 Å². The molecular weight excluding hydrogens is 606 g/mol. The van der Waals surface area contributed by atoms with Gasteiger partial charge in [0.05, 0.1) is 6.04 Å². The fraction of sp³-hybridized carbons (Fsp3) is 0.295. The normalized spacial score (nSPS) is 14.5. The van der Waals surface area contributed by atoms with Crippen LogP contribution in [0.4, 0.5) is 0 Å². The lowest BCUT2D eigenvalue weighted by molar-refractivity contribution is -0.148. The summed E-state index contributed by atoms with van der Waals surface area (Å²) >= 11 is 0. The number of aryl methyl sites for hydroxylation is 6. The van der Waals surface area contributed by atoms with Crippen LogP contribution in [0.15, 0.2) is 121 Å². The van der Waals surface area contributed by atoms with Crippen LogP contribution in [0.3, 0.4) is 0 Å². The second kappa shape index (κ2) is 16.6. The molecule has 0 saturated heterocycles. The van der Waals surface area contributed by atoms with E-state index in [-0.39, 0.29) is 6.04 Å². The number of hydrogen-bond acceptors (Lipinski definition) is 4. The van der Waals surface area contributed by atoms with Gasteiger partial charge >= 0.3 is 5.97 Å². The third kappa shape index (κ3) is 9.05. The highest BCUT2D eigenvalue weighted by molar-refractivity contribution is 5.72. The van der Waals surface area contributed by atoms with E-state index < -0.39 is 12.1 Å². The summed E-state index contributed by atoms with van der Waals surface area (Å²) in [5, 5.41) is 9.32. The molecule has 5 heteroatoms. The van der Waals surface area contributed by atoms with Gasteiger partial charge in [-0.1, -0.05) is 109 Å². The molecule has 5 aromatic carbocycles. The summed E-state index contributed by atoms with van der Waals surface area (Å²) < 4.78 is 11.3. The second-order valence-electron chi connectivity index (χ2n) is 13.2. The van der Waals surface area contributed by atoms with Gasteiger partial charge in [-0.3, -0.25) is 4.90 Å². The Balaban J connectivity index is 1.20. The van der Waals surface area contributed by atoms with Crippen molar-refractivity contribution in [3.8, 4) is 5.75 Å². The van der Waals surface area contributed by atoms with Gasteiger partial charge < -0.3 is 14.6 Å². The van der Waals surface area contributed by atoms with Gasteiger partial charge in [-0.25, -0.2) is 4.79 Å². The highest BCUT2D eigenvalue weighted by Crippen LogP contribution is 2.37. The molecule has 1 N–H and O–H groups in total. The van der Waals surface area contributed by atoms with E-state index in [1.807, 2.05) is 24.3 Å². The molecule has 0 heterocycles. The van der Waals surface area contributed by atoms with E-state index >= 15 is 0 Å². The van der Waals surface area contributed by atoms with Gasteiger partial charge in [0, 0.05) is 20.1 Å². The molecule has 1 aliphatic carbocycles. The molecule has 2 unspecified atom stereocenters. The first-order valence-corrected chi connectivity index (χ1v) is 17.5. The third-order valence-corrected chi connectivity index (χ3v) is 9.82. The zero-order chi connectivity index (χ0) is 34.0. The van der Waals surface area contributed by atoms with Crippen LogP contribution < -0.4 is 4.74 Å². The average Bonchev–Trinajstić information content (AvgIpc) is 3.29. The Morgan fingerprint density at radius 3 is 1.90 bits per heavy atom. The first kappa shape index (κ1) is 34.2. The summed E-state index contributed by atoms with van der Waals surface area (Å²) in [4.78, 5) is 13.8. The van der Waals surface area contributed by atoms with Gasteiger partial charge in [0.25, 0.3) is 0 Å². The fourth-order valence-electron chi connectivity index (χ4n) is 7.00. The second-order valence-corrected chi connectivity index (χ2v) is 13.2. The Labute approximate surface area is 291 Å². The first-order chi connectivity index (χ1) is 24.0. The first-order valence-electron chi connectivity index (χ1n) is 17.5. The number of carboxylic acid groups (broad SMARTS) is 1. The molecule has 252 valence electrons. The maximum absolute atomic E-state index is 11.4. The van der Waals surface area contributed by atoms with Crippen molar-refractivity contribution in [2.45, 2.75) is 57.1 Å². The largest absolute Gasteiger partial charge is 0.492 e. The van der Waals surface area contributed by atoms with Gasteiger partial charge in [-0.2, -0.15) is 0 Å². The molecule has 49 heavy (non-hydrogen) atoms. The summed E-state index contributed by atoms with van der Waals surface area (Å²) in [7, 11) is 3.64. The van der Waals surface area contributed by atoms with Crippen molar-refractivity contribution in [2.24, 2.45) is 0 Å². The van der Waals surface area contributed by atoms with Crippen LogP contribution in [0.5, 0.6) is 5.75 Å². The molecule has 0 amide bonds. The predicted molar refractivity (Wildman–Crippen MR) is 197 cm³/mol. The molecule has 5 aromatic rings. The Kier molecular flexibility index (Phi) is 11.6. The lowest BCUT2D eigenvalue weighted by Crippen LogP contribution is -2.30. The molecule has 0 fully saturated rings. The summed E-state index contributed by atoms with van der Waals surface area (Å²) in [5.41, 5.74) is 12.1. The number of carbonyl (C=O) groups is 1. The third-order valence-electron chi connectivity index (χ3n) is 9.82. The lowest BCUT2D eigenvalue weighted by atomic mass is 9.90. The molecule has 2 atom stereocenters. The van der Waals surface area contributed by atoms with Crippen molar-refractivity contribution < 1.29 is 19.4 Å². The van der Waals surface area contributed by atoms with Crippen molar-refractivity contribution in [3.63, 3.8) is 0 Å².